The van der Waals surface area contributed by atoms with Gasteiger partial charge < -0.3 is 14.8 Å². The van der Waals surface area contributed by atoms with Crippen LogP contribution in [-0.4, -0.2) is 24.4 Å². The number of benzene rings is 2. The molecule has 1 atom stereocenters. The molecule has 7 heteroatoms. The second kappa shape index (κ2) is 7.74. The van der Waals surface area contributed by atoms with Crippen LogP contribution in [0, 0.1) is 11.6 Å². The van der Waals surface area contributed by atoms with Gasteiger partial charge in [-0.25, -0.2) is 8.78 Å². The van der Waals surface area contributed by atoms with Gasteiger partial charge in [-0.05, 0) is 37.3 Å². The van der Waals surface area contributed by atoms with Crippen LogP contribution in [0.4, 0.5) is 14.5 Å². The van der Waals surface area contributed by atoms with Crippen molar-refractivity contribution in [3.05, 3.63) is 48.0 Å². The average molecular weight is 365 g/mol. The van der Waals surface area contributed by atoms with E-state index in [1.54, 1.807) is 13.0 Å². The molecular weight excluding hydrogens is 348 g/mol. The molecule has 2 aromatic carbocycles. The molecule has 0 bridgehead atoms. The predicted molar refractivity (Wildman–Crippen MR) is 92.4 cm³/mol. The van der Waals surface area contributed by atoms with E-state index in [0.29, 0.717) is 24.7 Å². The number of ether oxygens (including phenoxy) is 2. The summed E-state index contributed by atoms with van der Waals surface area (Å²) in [5.74, 6) is -0.379. The number of thioether (sulfide) groups is 1. The highest BCUT2D eigenvalue weighted by Crippen LogP contribution is 2.35. The van der Waals surface area contributed by atoms with E-state index in [9.17, 15) is 13.6 Å². The minimum Gasteiger partial charge on any atom is -0.490 e. The molecule has 0 radical (unpaired) electrons. The molecule has 1 aliphatic rings. The van der Waals surface area contributed by atoms with E-state index in [-0.39, 0.29) is 5.69 Å². The first-order valence-corrected chi connectivity index (χ1v) is 8.73. The summed E-state index contributed by atoms with van der Waals surface area (Å²) < 4.78 is 38.0. The van der Waals surface area contributed by atoms with Crippen molar-refractivity contribution in [2.24, 2.45) is 0 Å². The third-order valence-corrected chi connectivity index (χ3v) is 4.68. The predicted octanol–water partition coefficient (Wildman–Crippen LogP) is 4.25. The Morgan fingerprint density at radius 2 is 1.88 bits per heavy atom. The minimum absolute atomic E-state index is 0.170. The van der Waals surface area contributed by atoms with Crippen LogP contribution >= 0.6 is 11.8 Å². The molecule has 4 nitrogen and oxygen atoms in total. The molecule has 2 aromatic rings. The van der Waals surface area contributed by atoms with Gasteiger partial charge >= 0.3 is 0 Å². The number of halogens is 2. The van der Waals surface area contributed by atoms with Gasteiger partial charge in [0.05, 0.1) is 24.2 Å². The number of hydrogen-bond donors (Lipinski definition) is 1. The third-order valence-electron chi connectivity index (χ3n) is 3.59. The number of fused-ring (bicyclic) bond motifs is 1. The van der Waals surface area contributed by atoms with E-state index in [2.05, 4.69) is 5.32 Å². The standard InChI is InChI=1S/C18H17F2NO3S/c1-11(18(22)21-15-9-12(19)3-5-14(15)20)25-13-4-6-16-17(10-13)24-8-2-7-23-16/h3-6,9-11H,2,7-8H2,1H3,(H,21,22). The van der Waals surface area contributed by atoms with Crippen molar-refractivity contribution in [3.63, 3.8) is 0 Å². The Hall–Kier alpha value is -2.28. The number of carbonyl (C=O) groups is 1. The van der Waals surface area contributed by atoms with E-state index in [1.165, 1.54) is 11.8 Å². The van der Waals surface area contributed by atoms with Crippen LogP contribution < -0.4 is 14.8 Å². The molecule has 0 aromatic heterocycles. The van der Waals surface area contributed by atoms with Gasteiger partial charge in [0.1, 0.15) is 11.6 Å². The fourth-order valence-corrected chi connectivity index (χ4v) is 3.20. The fourth-order valence-electron chi connectivity index (χ4n) is 2.30. The summed E-state index contributed by atoms with van der Waals surface area (Å²) in [6, 6.07) is 8.40. The van der Waals surface area contributed by atoms with E-state index < -0.39 is 22.8 Å². The molecule has 3 rings (SSSR count). The maximum atomic E-state index is 13.6. The lowest BCUT2D eigenvalue weighted by Crippen LogP contribution is -2.23. The summed E-state index contributed by atoms with van der Waals surface area (Å²) in [5, 5.41) is 1.91. The first-order chi connectivity index (χ1) is 12.0. The van der Waals surface area contributed by atoms with Gasteiger partial charge in [-0.2, -0.15) is 0 Å². The van der Waals surface area contributed by atoms with Gasteiger partial charge in [-0.15, -0.1) is 11.8 Å². The molecule has 0 aliphatic carbocycles. The SMILES string of the molecule is CC(Sc1ccc2c(c1)OCCCO2)C(=O)Nc1cc(F)ccc1F. The number of amides is 1. The van der Waals surface area contributed by atoms with Crippen molar-refractivity contribution in [1.29, 1.82) is 0 Å². The third kappa shape index (κ3) is 4.42. The summed E-state index contributed by atoms with van der Waals surface area (Å²) in [7, 11) is 0. The Morgan fingerprint density at radius 3 is 2.68 bits per heavy atom. The van der Waals surface area contributed by atoms with Gasteiger partial charge in [-0.3, -0.25) is 4.79 Å². The van der Waals surface area contributed by atoms with E-state index in [1.807, 2.05) is 12.1 Å². The van der Waals surface area contributed by atoms with Gasteiger partial charge in [0, 0.05) is 17.4 Å². The Balaban J connectivity index is 1.67. The van der Waals surface area contributed by atoms with Crippen molar-refractivity contribution in [1.82, 2.24) is 0 Å². The lowest BCUT2D eigenvalue weighted by molar-refractivity contribution is -0.115. The molecule has 25 heavy (non-hydrogen) atoms. The minimum atomic E-state index is -0.678. The molecule has 132 valence electrons. The largest absolute Gasteiger partial charge is 0.490 e. The lowest BCUT2D eigenvalue weighted by Gasteiger charge is -2.14. The van der Waals surface area contributed by atoms with Crippen molar-refractivity contribution in [3.8, 4) is 11.5 Å². The van der Waals surface area contributed by atoms with E-state index in [0.717, 1.165) is 29.5 Å². The number of hydrogen-bond acceptors (Lipinski definition) is 4. The molecule has 1 amide bonds. The second-order valence-electron chi connectivity index (χ2n) is 5.53. The van der Waals surface area contributed by atoms with Crippen LogP contribution in [0.25, 0.3) is 0 Å². The van der Waals surface area contributed by atoms with Crippen LogP contribution in [0.1, 0.15) is 13.3 Å². The van der Waals surface area contributed by atoms with Crippen LogP contribution in [0.15, 0.2) is 41.3 Å². The first-order valence-electron chi connectivity index (χ1n) is 7.85. The van der Waals surface area contributed by atoms with Gasteiger partial charge in [0.2, 0.25) is 5.91 Å². The molecule has 1 N–H and O–H groups in total. The number of carbonyl (C=O) groups excluding carboxylic acids is 1. The van der Waals surface area contributed by atoms with Crippen molar-refractivity contribution >= 4 is 23.4 Å². The summed E-state index contributed by atoms with van der Waals surface area (Å²) in [5.41, 5.74) is -0.170. The highest BCUT2D eigenvalue weighted by Gasteiger charge is 2.18. The topological polar surface area (TPSA) is 47.6 Å². The Bertz CT molecular complexity index is 785. The molecule has 0 saturated heterocycles. The Labute approximate surface area is 148 Å². The smallest absolute Gasteiger partial charge is 0.237 e. The van der Waals surface area contributed by atoms with E-state index in [4.69, 9.17) is 9.47 Å². The van der Waals surface area contributed by atoms with Crippen molar-refractivity contribution in [2.45, 2.75) is 23.5 Å². The Kier molecular flexibility index (Phi) is 5.43. The summed E-state index contributed by atoms with van der Waals surface area (Å²) in [4.78, 5) is 13.1. The quantitative estimate of drug-likeness (QED) is 0.823. The average Bonchev–Trinajstić information content (AvgIpc) is 2.83. The number of rotatable bonds is 4. The molecular formula is C18H17F2NO3S. The molecule has 1 unspecified atom stereocenters. The normalized spacial score (nSPS) is 14.5. The van der Waals surface area contributed by atoms with Crippen LogP contribution in [-0.2, 0) is 4.79 Å². The zero-order valence-electron chi connectivity index (χ0n) is 13.6. The highest BCUT2D eigenvalue weighted by molar-refractivity contribution is 8.00. The van der Waals surface area contributed by atoms with E-state index >= 15 is 0 Å². The molecule has 1 heterocycles. The van der Waals surface area contributed by atoms with Gasteiger partial charge in [0.15, 0.2) is 11.5 Å². The van der Waals surface area contributed by atoms with Crippen molar-refractivity contribution < 1.29 is 23.0 Å². The molecule has 0 spiro atoms. The summed E-state index contributed by atoms with van der Waals surface area (Å²) >= 11 is 1.30. The fraction of sp³-hybridized carbons (Fsp3) is 0.278. The monoisotopic (exact) mass is 365 g/mol. The van der Waals surface area contributed by atoms with Crippen LogP contribution in [0.3, 0.4) is 0 Å². The maximum absolute atomic E-state index is 13.6. The number of anilines is 1. The highest BCUT2D eigenvalue weighted by atomic mass is 32.2. The van der Waals surface area contributed by atoms with Gasteiger partial charge in [0.25, 0.3) is 0 Å². The molecule has 0 saturated carbocycles. The van der Waals surface area contributed by atoms with Crippen LogP contribution in [0.2, 0.25) is 0 Å². The zero-order valence-corrected chi connectivity index (χ0v) is 14.4. The maximum Gasteiger partial charge on any atom is 0.237 e. The second-order valence-corrected chi connectivity index (χ2v) is 6.95. The summed E-state index contributed by atoms with van der Waals surface area (Å²) in [6.07, 6.45) is 0.815. The molecule has 1 aliphatic heterocycles. The van der Waals surface area contributed by atoms with Gasteiger partial charge in [-0.1, -0.05) is 0 Å². The zero-order chi connectivity index (χ0) is 17.8. The molecule has 0 fully saturated rings. The summed E-state index contributed by atoms with van der Waals surface area (Å²) in [6.45, 7) is 2.88. The van der Waals surface area contributed by atoms with Crippen LogP contribution in [0.5, 0.6) is 11.5 Å². The lowest BCUT2D eigenvalue weighted by atomic mass is 10.3. The Morgan fingerprint density at radius 1 is 1.12 bits per heavy atom. The number of nitrogens with one attached hydrogen (secondary N) is 1. The first kappa shape index (κ1) is 17.5. The van der Waals surface area contributed by atoms with Crippen molar-refractivity contribution in [2.75, 3.05) is 18.5 Å².